The normalized spacial score (nSPS) is 25.4. The third-order valence-electron chi connectivity index (χ3n) is 3.44. The van der Waals surface area contributed by atoms with E-state index in [2.05, 4.69) is 0 Å². The summed E-state index contributed by atoms with van der Waals surface area (Å²) in [5.41, 5.74) is 0.639. The van der Waals surface area contributed by atoms with E-state index in [1.807, 2.05) is 0 Å². The van der Waals surface area contributed by atoms with E-state index in [0.717, 1.165) is 0 Å². The summed E-state index contributed by atoms with van der Waals surface area (Å²) in [5.74, 6) is -0.630. The Kier molecular flexibility index (Phi) is 3.60. The maximum absolute atomic E-state index is 11.2. The molecule has 3 rings (SSSR count). The van der Waals surface area contributed by atoms with Crippen LogP contribution in [0.25, 0.3) is 11.8 Å². The number of benzene rings is 1. The topological polar surface area (TPSA) is 85.2 Å². The van der Waals surface area contributed by atoms with Gasteiger partial charge in [-0.3, -0.25) is 0 Å². The van der Waals surface area contributed by atoms with Crippen LogP contribution in [0.1, 0.15) is 0 Å². The number of aromatic hydroxyl groups is 1. The van der Waals surface area contributed by atoms with E-state index in [9.17, 15) is 15.0 Å². The van der Waals surface area contributed by atoms with Crippen LogP contribution in [-0.2, 0) is 19.0 Å². The Morgan fingerprint density at radius 2 is 2.14 bits per heavy atom. The highest BCUT2D eigenvalue weighted by Crippen LogP contribution is 2.23. The summed E-state index contributed by atoms with van der Waals surface area (Å²) in [6.07, 6.45) is 4.22. The van der Waals surface area contributed by atoms with Gasteiger partial charge in [-0.1, -0.05) is 18.2 Å². The summed E-state index contributed by atoms with van der Waals surface area (Å²) in [6, 6.07) is 4.94. The number of ether oxygens (including phenoxy) is 3. The lowest BCUT2D eigenvalue weighted by molar-refractivity contribution is -0.176. The number of phenolic OH excluding ortho intramolecular Hbond substituents is 1. The Hall–Kier alpha value is -2.73. The number of carbonyl (C=O) groups is 1. The molecule has 114 valence electrons. The minimum Gasteiger partial charge on any atom is -0.507 e. The van der Waals surface area contributed by atoms with Gasteiger partial charge in [-0.05, 0) is 23.8 Å². The molecule has 6 heteroatoms. The average molecular weight is 302 g/mol. The SMILES string of the molecule is COC1=CC2OC(C(=O)O)OC=c3cccc(O)/c3=C/2C=C1. The van der Waals surface area contributed by atoms with Crippen molar-refractivity contribution >= 4 is 17.8 Å². The fraction of sp³-hybridized carbons (Fsp3) is 0.188. The van der Waals surface area contributed by atoms with Crippen LogP contribution in [0.5, 0.6) is 5.75 Å². The third-order valence-corrected chi connectivity index (χ3v) is 3.44. The number of hydrogen-bond donors (Lipinski definition) is 2. The van der Waals surface area contributed by atoms with Gasteiger partial charge in [-0.2, -0.15) is 0 Å². The molecule has 0 radical (unpaired) electrons. The van der Waals surface area contributed by atoms with Gasteiger partial charge in [-0.25, -0.2) is 4.79 Å². The minimum atomic E-state index is -1.45. The molecular weight excluding hydrogens is 288 g/mol. The third kappa shape index (κ3) is 2.44. The fourth-order valence-corrected chi connectivity index (χ4v) is 2.42. The standard InChI is InChI=1S/C16H14O6/c1-20-10-5-6-11-13(7-10)22-16(15(18)19)21-8-9-3-2-4-12(17)14(9)11/h2-8,13,16-17H,1H3,(H,18,19)/b9-8?,14-11+. The summed E-state index contributed by atoms with van der Waals surface area (Å²) < 4.78 is 15.8. The van der Waals surface area contributed by atoms with Crippen LogP contribution in [0, 0.1) is 0 Å². The van der Waals surface area contributed by atoms with Crippen molar-refractivity contribution < 1.29 is 29.2 Å². The summed E-state index contributed by atoms with van der Waals surface area (Å²) >= 11 is 0. The van der Waals surface area contributed by atoms with Crippen LogP contribution in [-0.4, -0.2) is 35.7 Å². The average Bonchev–Trinajstić information content (AvgIpc) is 2.49. The lowest BCUT2D eigenvalue weighted by atomic mass is 9.99. The molecule has 22 heavy (non-hydrogen) atoms. The van der Waals surface area contributed by atoms with E-state index in [4.69, 9.17) is 14.2 Å². The molecule has 0 fully saturated rings. The Morgan fingerprint density at radius 3 is 2.86 bits per heavy atom. The molecule has 2 aliphatic rings. The number of carboxylic acids is 1. The van der Waals surface area contributed by atoms with E-state index in [0.29, 0.717) is 21.8 Å². The summed E-state index contributed by atoms with van der Waals surface area (Å²) in [5, 5.41) is 20.4. The number of allylic oxidation sites excluding steroid dienone is 1. The molecule has 2 unspecified atom stereocenters. The zero-order valence-electron chi connectivity index (χ0n) is 11.7. The predicted octanol–water partition coefficient (Wildman–Crippen LogP) is 0.207. The molecule has 0 bridgehead atoms. The van der Waals surface area contributed by atoms with Gasteiger partial charge in [0.1, 0.15) is 17.6 Å². The van der Waals surface area contributed by atoms with Crippen LogP contribution >= 0.6 is 0 Å². The first-order valence-electron chi connectivity index (χ1n) is 6.60. The van der Waals surface area contributed by atoms with Crippen molar-refractivity contribution in [2.24, 2.45) is 0 Å². The van der Waals surface area contributed by atoms with Crippen molar-refractivity contribution in [1.29, 1.82) is 0 Å². The molecule has 0 saturated carbocycles. The van der Waals surface area contributed by atoms with Crippen LogP contribution < -0.4 is 10.4 Å². The zero-order valence-corrected chi connectivity index (χ0v) is 11.7. The molecule has 1 aromatic carbocycles. The molecule has 1 aliphatic heterocycles. The molecule has 0 aromatic heterocycles. The Morgan fingerprint density at radius 1 is 1.32 bits per heavy atom. The summed E-state index contributed by atoms with van der Waals surface area (Å²) in [6.45, 7) is 0. The molecule has 6 nitrogen and oxygen atoms in total. The number of rotatable bonds is 2. The first-order valence-corrected chi connectivity index (χ1v) is 6.60. The van der Waals surface area contributed by atoms with E-state index >= 15 is 0 Å². The van der Waals surface area contributed by atoms with E-state index in [1.54, 1.807) is 36.4 Å². The molecule has 2 N–H and O–H groups in total. The molecule has 1 heterocycles. The lowest BCUT2D eigenvalue weighted by Gasteiger charge is -2.25. The van der Waals surface area contributed by atoms with E-state index < -0.39 is 18.4 Å². The Bertz CT molecular complexity index is 789. The molecule has 1 aliphatic carbocycles. The maximum Gasteiger partial charge on any atom is 0.373 e. The highest BCUT2D eigenvalue weighted by Gasteiger charge is 2.28. The smallest absolute Gasteiger partial charge is 0.373 e. The molecule has 1 aromatic rings. The molecular formula is C16H14O6. The van der Waals surface area contributed by atoms with Gasteiger partial charge < -0.3 is 24.4 Å². The van der Waals surface area contributed by atoms with Gasteiger partial charge in [0.2, 0.25) is 0 Å². The van der Waals surface area contributed by atoms with Crippen molar-refractivity contribution in [2.75, 3.05) is 7.11 Å². The largest absolute Gasteiger partial charge is 0.507 e. The number of hydrogen-bond acceptors (Lipinski definition) is 5. The minimum absolute atomic E-state index is 0.0636. The molecule has 0 amide bonds. The van der Waals surface area contributed by atoms with Gasteiger partial charge >= 0.3 is 5.97 Å². The van der Waals surface area contributed by atoms with Crippen molar-refractivity contribution in [3.05, 3.63) is 52.6 Å². The van der Waals surface area contributed by atoms with Gasteiger partial charge in [0.25, 0.3) is 6.29 Å². The van der Waals surface area contributed by atoms with Crippen LogP contribution in [0.4, 0.5) is 0 Å². The van der Waals surface area contributed by atoms with Gasteiger partial charge in [0, 0.05) is 10.4 Å². The molecule has 0 spiro atoms. The number of carboxylic acid groups (broad SMARTS) is 1. The maximum atomic E-state index is 11.2. The lowest BCUT2D eigenvalue weighted by Crippen LogP contribution is -2.39. The molecule has 2 atom stereocenters. The first kappa shape index (κ1) is 14.2. The quantitative estimate of drug-likeness (QED) is 0.812. The van der Waals surface area contributed by atoms with Crippen molar-refractivity contribution in [1.82, 2.24) is 0 Å². The number of phenols is 1. The summed E-state index contributed by atoms with van der Waals surface area (Å²) in [7, 11) is 1.51. The van der Waals surface area contributed by atoms with Crippen molar-refractivity contribution in [3.63, 3.8) is 0 Å². The predicted molar refractivity (Wildman–Crippen MR) is 76.8 cm³/mol. The van der Waals surface area contributed by atoms with Crippen LogP contribution in [0.2, 0.25) is 0 Å². The monoisotopic (exact) mass is 302 g/mol. The first-order chi connectivity index (χ1) is 10.6. The van der Waals surface area contributed by atoms with Crippen molar-refractivity contribution in [3.8, 4) is 5.75 Å². The second-order valence-corrected chi connectivity index (χ2v) is 4.78. The van der Waals surface area contributed by atoms with E-state index in [-0.39, 0.29) is 5.75 Å². The van der Waals surface area contributed by atoms with Crippen LogP contribution in [0.15, 0.2) is 42.2 Å². The van der Waals surface area contributed by atoms with Gasteiger partial charge in [0.05, 0.1) is 13.4 Å². The van der Waals surface area contributed by atoms with Gasteiger partial charge in [0.15, 0.2) is 0 Å². The van der Waals surface area contributed by atoms with Crippen molar-refractivity contribution in [2.45, 2.75) is 12.4 Å². The molecule has 0 saturated heterocycles. The highest BCUT2D eigenvalue weighted by atomic mass is 16.7. The Balaban J connectivity index is 2.27. The van der Waals surface area contributed by atoms with Gasteiger partial charge in [-0.15, -0.1) is 0 Å². The van der Waals surface area contributed by atoms with E-state index in [1.165, 1.54) is 13.4 Å². The Labute approximate surface area is 125 Å². The number of methoxy groups -OCH3 is 1. The second kappa shape index (κ2) is 5.57. The fourth-order valence-electron chi connectivity index (χ4n) is 2.42. The summed E-state index contributed by atoms with van der Waals surface area (Å²) in [4.78, 5) is 11.2. The zero-order chi connectivity index (χ0) is 15.7. The highest BCUT2D eigenvalue weighted by molar-refractivity contribution is 5.73. The number of aliphatic carboxylic acids is 1. The number of fused-ring (bicyclic) bond motifs is 2. The van der Waals surface area contributed by atoms with Crippen LogP contribution in [0.3, 0.4) is 0 Å². The second-order valence-electron chi connectivity index (χ2n) is 4.78.